The zero-order chi connectivity index (χ0) is 31.2. The van der Waals surface area contributed by atoms with E-state index in [2.05, 4.69) is 20.2 Å². The molecule has 1 aliphatic rings. The van der Waals surface area contributed by atoms with Gasteiger partial charge in [0.25, 0.3) is 5.56 Å². The summed E-state index contributed by atoms with van der Waals surface area (Å²) in [5.41, 5.74) is 6.60. The third-order valence-corrected chi connectivity index (χ3v) is 7.44. The Labute approximate surface area is 244 Å². The molecule has 44 heavy (non-hydrogen) atoms. The number of ether oxygens (including phenoxy) is 1. The van der Waals surface area contributed by atoms with Crippen LogP contribution in [0.1, 0.15) is 30.1 Å². The molecule has 5 aromatic heterocycles. The van der Waals surface area contributed by atoms with Gasteiger partial charge in [-0.25, -0.2) is 4.52 Å². The van der Waals surface area contributed by atoms with Gasteiger partial charge in [-0.05, 0) is 42.5 Å². The second-order valence-corrected chi connectivity index (χ2v) is 10.5. The highest BCUT2D eigenvalue weighted by Gasteiger charge is 2.34. The Hall–Kier alpha value is -4.73. The monoisotopic (exact) mass is 618 g/mol. The van der Waals surface area contributed by atoms with Crippen molar-refractivity contribution in [3.63, 3.8) is 0 Å². The first-order valence-corrected chi connectivity index (χ1v) is 13.4. The number of halogens is 6. The first-order chi connectivity index (χ1) is 20.9. The zero-order valence-electron chi connectivity index (χ0n) is 22.8. The third-order valence-electron chi connectivity index (χ3n) is 7.44. The summed E-state index contributed by atoms with van der Waals surface area (Å²) in [6.45, 7) is -0.481. The van der Waals surface area contributed by atoms with Gasteiger partial charge in [-0.1, -0.05) is 6.07 Å². The molecule has 0 saturated carbocycles. The van der Waals surface area contributed by atoms with Gasteiger partial charge in [0.2, 0.25) is 5.95 Å². The Bertz CT molecular complexity index is 1850. The fraction of sp³-hybridized carbons (Fsp3) is 0.321. The number of rotatable bonds is 6. The third kappa shape index (κ3) is 6.02. The molecule has 1 atom stereocenters. The van der Waals surface area contributed by atoms with E-state index >= 15 is 0 Å². The lowest BCUT2D eigenvalue weighted by atomic mass is 9.87. The Morgan fingerprint density at radius 3 is 2.41 bits per heavy atom. The number of aromatic nitrogens is 7. The van der Waals surface area contributed by atoms with Crippen LogP contribution in [-0.4, -0.2) is 53.3 Å². The minimum absolute atomic E-state index is 0.00197. The summed E-state index contributed by atoms with van der Waals surface area (Å²) in [4.78, 5) is 20.0. The maximum atomic E-state index is 13.2. The van der Waals surface area contributed by atoms with Crippen molar-refractivity contribution < 1.29 is 31.1 Å². The van der Waals surface area contributed by atoms with Crippen LogP contribution < -0.4 is 11.3 Å². The van der Waals surface area contributed by atoms with E-state index in [0.717, 1.165) is 18.3 Å². The summed E-state index contributed by atoms with van der Waals surface area (Å²) in [7, 11) is 0. The first kappa shape index (κ1) is 29.3. The number of hydrogen-bond acceptors (Lipinski definition) is 7. The lowest BCUT2D eigenvalue weighted by Crippen LogP contribution is -2.27. The molecular formula is C28H24F6N8O2. The van der Waals surface area contributed by atoms with Gasteiger partial charge in [-0.3, -0.25) is 14.5 Å². The molecule has 10 nitrogen and oxygen atoms in total. The van der Waals surface area contributed by atoms with Crippen LogP contribution in [0.25, 0.3) is 27.9 Å². The van der Waals surface area contributed by atoms with E-state index in [4.69, 9.17) is 10.5 Å². The van der Waals surface area contributed by atoms with Crippen LogP contribution in [0.3, 0.4) is 0 Å². The van der Waals surface area contributed by atoms with Crippen molar-refractivity contribution >= 4 is 11.6 Å². The van der Waals surface area contributed by atoms with E-state index in [1.165, 1.54) is 22.8 Å². The van der Waals surface area contributed by atoms with E-state index in [1.54, 1.807) is 29.3 Å². The zero-order valence-corrected chi connectivity index (χ0v) is 22.8. The standard InChI is InChI=1S/C28H24F6N8O2/c29-27(30,31)15-40-12-18(2-4-23(40)43)21-9-19(13-42-25(21)38-26(35)39-42)20-11-37-41(14-20)24(16-5-7-44-8-6-16)17-1-3-22(36-10-17)28(32,33)34/h1-4,9-14,16,24H,5-8,15H2,(H2,35,39)/t24-/m0/s1. The van der Waals surface area contributed by atoms with Gasteiger partial charge in [0.15, 0.2) is 5.65 Å². The number of nitrogen functional groups attached to an aromatic ring is 1. The summed E-state index contributed by atoms with van der Waals surface area (Å²) in [6, 6.07) is 6.00. The Balaban J connectivity index is 1.42. The quantitative estimate of drug-likeness (QED) is 0.266. The molecular weight excluding hydrogens is 594 g/mol. The predicted octanol–water partition coefficient (Wildman–Crippen LogP) is 5.00. The minimum Gasteiger partial charge on any atom is -0.381 e. The van der Waals surface area contributed by atoms with Gasteiger partial charge in [-0.15, -0.1) is 5.10 Å². The van der Waals surface area contributed by atoms with Crippen LogP contribution in [0, 0.1) is 5.92 Å². The Morgan fingerprint density at radius 2 is 1.73 bits per heavy atom. The lowest BCUT2D eigenvalue weighted by Gasteiger charge is -2.30. The maximum Gasteiger partial charge on any atom is 0.433 e. The van der Waals surface area contributed by atoms with Crippen LogP contribution in [0.5, 0.6) is 0 Å². The second-order valence-electron chi connectivity index (χ2n) is 10.5. The van der Waals surface area contributed by atoms with Crippen LogP contribution >= 0.6 is 0 Å². The fourth-order valence-corrected chi connectivity index (χ4v) is 5.44. The molecule has 0 aromatic carbocycles. The summed E-state index contributed by atoms with van der Waals surface area (Å²) in [6.07, 6.45) is -0.647. The van der Waals surface area contributed by atoms with Crippen molar-refractivity contribution in [2.24, 2.45) is 5.92 Å². The highest BCUT2D eigenvalue weighted by atomic mass is 19.4. The molecule has 0 radical (unpaired) electrons. The van der Waals surface area contributed by atoms with Gasteiger partial charge in [0.1, 0.15) is 12.2 Å². The number of nitrogens with zero attached hydrogens (tertiary/aromatic N) is 7. The van der Waals surface area contributed by atoms with Crippen LogP contribution in [-0.2, 0) is 17.5 Å². The molecule has 230 valence electrons. The molecule has 0 unspecified atom stereocenters. The van der Waals surface area contributed by atoms with Crippen molar-refractivity contribution in [1.29, 1.82) is 0 Å². The highest BCUT2D eigenvalue weighted by molar-refractivity contribution is 5.82. The molecule has 0 amide bonds. The van der Waals surface area contributed by atoms with Gasteiger partial charge >= 0.3 is 12.4 Å². The Morgan fingerprint density at radius 1 is 0.955 bits per heavy atom. The van der Waals surface area contributed by atoms with Gasteiger partial charge < -0.3 is 15.0 Å². The fourth-order valence-electron chi connectivity index (χ4n) is 5.44. The average molecular weight is 619 g/mol. The summed E-state index contributed by atoms with van der Waals surface area (Å²) < 4.78 is 88.0. The van der Waals surface area contributed by atoms with Crippen LogP contribution in [0.15, 0.2) is 66.1 Å². The van der Waals surface area contributed by atoms with E-state index in [1.807, 2.05) is 0 Å². The van der Waals surface area contributed by atoms with E-state index < -0.39 is 36.2 Å². The van der Waals surface area contributed by atoms with Gasteiger partial charge in [-0.2, -0.15) is 36.4 Å². The minimum atomic E-state index is -4.61. The molecule has 0 aliphatic carbocycles. The van der Waals surface area contributed by atoms with Crippen LogP contribution in [0.2, 0.25) is 0 Å². The van der Waals surface area contributed by atoms with E-state index in [9.17, 15) is 31.1 Å². The van der Waals surface area contributed by atoms with Crippen molar-refractivity contribution in [2.45, 2.75) is 37.8 Å². The van der Waals surface area contributed by atoms with Crippen LogP contribution in [0.4, 0.5) is 32.3 Å². The summed E-state index contributed by atoms with van der Waals surface area (Å²) >= 11 is 0. The van der Waals surface area contributed by atoms with E-state index in [-0.39, 0.29) is 23.1 Å². The summed E-state index contributed by atoms with van der Waals surface area (Å²) in [5.74, 6) is -0.0741. The van der Waals surface area contributed by atoms with Crippen molar-refractivity contribution in [3.05, 3.63) is 82.9 Å². The highest BCUT2D eigenvalue weighted by Crippen LogP contribution is 2.36. The number of alkyl halides is 6. The SMILES string of the molecule is Nc1nc2c(-c3ccc(=O)n(CC(F)(F)F)c3)cc(-c3cnn([C@H](c4ccc(C(F)(F)F)nc4)C4CCOCC4)c3)cn2n1. The Kier molecular flexibility index (Phi) is 7.39. The van der Waals surface area contributed by atoms with Crippen molar-refractivity contribution in [1.82, 2.24) is 33.9 Å². The molecule has 0 spiro atoms. The second kappa shape index (κ2) is 11.1. The molecule has 16 heteroatoms. The summed E-state index contributed by atoms with van der Waals surface area (Å²) in [5, 5.41) is 8.72. The molecule has 0 bridgehead atoms. The number of nitrogens with two attached hydrogens (primary N) is 1. The maximum absolute atomic E-state index is 13.2. The molecule has 1 aliphatic heterocycles. The smallest absolute Gasteiger partial charge is 0.381 e. The van der Waals surface area contributed by atoms with Crippen molar-refractivity contribution in [2.75, 3.05) is 18.9 Å². The topological polar surface area (TPSA) is 118 Å². The van der Waals surface area contributed by atoms with E-state index in [0.29, 0.717) is 52.9 Å². The first-order valence-electron chi connectivity index (χ1n) is 13.4. The normalized spacial score (nSPS) is 15.6. The molecule has 5 aromatic rings. The van der Waals surface area contributed by atoms with Gasteiger partial charge in [0.05, 0.1) is 12.2 Å². The number of fused-ring (bicyclic) bond motifs is 1. The van der Waals surface area contributed by atoms with Gasteiger partial charge in [0, 0.05) is 66.3 Å². The molecule has 6 heterocycles. The number of anilines is 1. The van der Waals surface area contributed by atoms with Crippen molar-refractivity contribution in [3.8, 4) is 22.3 Å². The molecule has 2 N–H and O–H groups in total. The molecule has 1 fully saturated rings. The number of hydrogen-bond donors (Lipinski definition) is 1. The average Bonchev–Trinajstić information content (AvgIpc) is 3.60. The molecule has 1 saturated heterocycles. The largest absolute Gasteiger partial charge is 0.433 e. The molecule has 6 rings (SSSR count). The predicted molar refractivity (Wildman–Crippen MR) is 145 cm³/mol. The number of pyridine rings is 3. The lowest BCUT2D eigenvalue weighted by molar-refractivity contribution is -0.142.